The molecule has 1 heterocycles. The average molecular weight is 194 g/mol. The summed E-state index contributed by atoms with van der Waals surface area (Å²) < 4.78 is 9.66. The second-order valence-corrected chi connectivity index (χ2v) is 3.02. The molecule has 4 N–H and O–H groups in total. The molecule has 0 spiro atoms. The molecule has 0 bridgehead atoms. The molecule has 1 aliphatic heterocycles. The summed E-state index contributed by atoms with van der Waals surface area (Å²) in [7, 11) is 1.28. The van der Waals surface area contributed by atoms with E-state index in [1.807, 2.05) is 0 Å². The molecule has 4 atom stereocenters. The molecule has 1 aliphatic rings. The maximum atomic E-state index is 9.67. The molecule has 13 heavy (non-hydrogen) atoms. The summed E-state index contributed by atoms with van der Waals surface area (Å²) in [6.07, 6.45) is -3.40. The monoisotopic (exact) mass is 194 g/mol. The fourth-order valence-electron chi connectivity index (χ4n) is 1.38. The van der Waals surface area contributed by atoms with Crippen molar-refractivity contribution < 1.29 is 29.9 Å². The van der Waals surface area contributed by atoms with Crippen molar-refractivity contribution in [3.8, 4) is 0 Å². The van der Waals surface area contributed by atoms with E-state index < -0.39 is 37.3 Å². The lowest BCUT2D eigenvalue weighted by Crippen LogP contribution is -2.52. The minimum absolute atomic E-state index is 0.441. The van der Waals surface area contributed by atoms with Crippen molar-refractivity contribution >= 4 is 0 Å². The van der Waals surface area contributed by atoms with Crippen molar-refractivity contribution in [1.29, 1.82) is 0 Å². The predicted molar refractivity (Wildman–Crippen MR) is 40.8 cm³/mol. The molecule has 1 rings (SSSR count). The van der Waals surface area contributed by atoms with Gasteiger partial charge in [-0.1, -0.05) is 0 Å². The van der Waals surface area contributed by atoms with Gasteiger partial charge in [-0.2, -0.15) is 0 Å². The number of aliphatic hydroxyl groups is 4. The summed E-state index contributed by atoms with van der Waals surface area (Å²) in [5.41, 5.74) is -1.86. The summed E-state index contributed by atoms with van der Waals surface area (Å²) >= 11 is 0. The molecule has 0 amide bonds. The van der Waals surface area contributed by atoms with Crippen LogP contribution < -0.4 is 0 Å². The van der Waals surface area contributed by atoms with Gasteiger partial charge in [0.15, 0.2) is 11.9 Å². The maximum Gasteiger partial charge on any atom is 0.191 e. The molecular formula is C7H14O6. The van der Waals surface area contributed by atoms with Gasteiger partial charge in [0.25, 0.3) is 0 Å². The lowest BCUT2D eigenvalue weighted by atomic mass is 9.96. The number of hydrogen-bond acceptors (Lipinski definition) is 6. The van der Waals surface area contributed by atoms with Crippen LogP contribution in [0.4, 0.5) is 0 Å². The Morgan fingerprint density at radius 1 is 1.46 bits per heavy atom. The van der Waals surface area contributed by atoms with Gasteiger partial charge in [-0.05, 0) is 0 Å². The lowest BCUT2D eigenvalue weighted by molar-refractivity contribution is -0.205. The number of aliphatic hydroxyl groups excluding tert-OH is 3. The van der Waals surface area contributed by atoms with Gasteiger partial charge in [-0.25, -0.2) is 0 Å². The quantitative estimate of drug-likeness (QED) is 0.394. The molecule has 1 fully saturated rings. The Hall–Kier alpha value is -0.240. The van der Waals surface area contributed by atoms with Crippen LogP contribution in [-0.2, 0) is 9.47 Å². The van der Waals surface area contributed by atoms with Crippen molar-refractivity contribution in [3.63, 3.8) is 0 Å². The first-order valence-electron chi connectivity index (χ1n) is 3.90. The van der Waals surface area contributed by atoms with E-state index in [4.69, 9.17) is 19.7 Å². The van der Waals surface area contributed by atoms with Crippen LogP contribution in [0.1, 0.15) is 0 Å². The van der Waals surface area contributed by atoms with E-state index in [9.17, 15) is 10.2 Å². The van der Waals surface area contributed by atoms with Crippen molar-refractivity contribution in [3.05, 3.63) is 0 Å². The number of ether oxygens (including phenoxy) is 2. The van der Waals surface area contributed by atoms with Crippen LogP contribution in [-0.4, -0.2) is 64.8 Å². The Kier molecular flexibility index (Phi) is 3.23. The third-order valence-corrected chi connectivity index (χ3v) is 2.22. The first kappa shape index (κ1) is 10.8. The van der Waals surface area contributed by atoms with E-state index in [0.29, 0.717) is 0 Å². The Labute approximate surface area is 75.3 Å². The van der Waals surface area contributed by atoms with Crippen molar-refractivity contribution in [1.82, 2.24) is 0 Å². The summed E-state index contributed by atoms with van der Waals surface area (Å²) in [6.45, 7) is -1.13. The van der Waals surface area contributed by atoms with Gasteiger partial charge in [0.05, 0.1) is 13.2 Å². The van der Waals surface area contributed by atoms with Crippen molar-refractivity contribution in [2.45, 2.75) is 24.1 Å². The third kappa shape index (κ3) is 1.56. The molecule has 0 aliphatic carbocycles. The molecule has 6 heteroatoms. The Morgan fingerprint density at radius 3 is 2.38 bits per heavy atom. The van der Waals surface area contributed by atoms with Crippen LogP contribution in [0.25, 0.3) is 0 Å². The fourth-order valence-corrected chi connectivity index (χ4v) is 1.38. The van der Waals surface area contributed by atoms with Crippen molar-refractivity contribution in [2.24, 2.45) is 0 Å². The Balaban J connectivity index is 2.80. The zero-order valence-electron chi connectivity index (χ0n) is 7.25. The number of hydrogen-bond donors (Lipinski definition) is 4. The van der Waals surface area contributed by atoms with E-state index >= 15 is 0 Å². The molecule has 6 nitrogen and oxygen atoms in total. The minimum Gasteiger partial charge on any atom is -0.394 e. The van der Waals surface area contributed by atoms with E-state index in [2.05, 4.69) is 0 Å². The lowest BCUT2D eigenvalue weighted by Gasteiger charge is -2.27. The molecular weight excluding hydrogens is 180 g/mol. The summed E-state index contributed by atoms with van der Waals surface area (Å²) in [4.78, 5) is 0. The first-order chi connectivity index (χ1) is 6.10. The predicted octanol–water partition coefficient (Wildman–Crippen LogP) is -2.57. The van der Waals surface area contributed by atoms with Gasteiger partial charge in [-0.15, -0.1) is 0 Å². The topological polar surface area (TPSA) is 99.4 Å². The standard InChI is InChI=1S/C7H14O6/c1-12-6-7(11,3-9)5(10)4(2-8)13-6/h4-6,8-11H,2-3H2,1H3/t4-,5-,6-,7-/m1/s1. The van der Waals surface area contributed by atoms with Crippen LogP contribution in [0.5, 0.6) is 0 Å². The normalized spacial score (nSPS) is 45.5. The fraction of sp³-hybridized carbons (Fsp3) is 1.00. The second kappa shape index (κ2) is 3.87. The molecule has 78 valence electrons. The van der Waals surface area contributed by atoms with Crippen molar-refractivity contribution in [2.75, 3.05) is 20.3 Å². The molecule has 0 aromatic carbocycles. The minimum atomic E-state index is -1.86. The van der Waals surface area contributed by atoms with Crippen LogP contribution in [0.3, 0.4) is 0 Å². The molecule has 0 saturated carbocycles. The highest BCUT2D eigenvalue weighted by Gasteiger charge is 2.55. The summed E-state index contributed by atoms with van der Waals surface area (Å²) in [6, 6.07) is 0. The number of rotatable bonds is 3. The van der Waals surface area contributed by atoms with E-state index in [1.54, 1.807) is 0 Å². The second-order valence-electron chi connectivity index (χ2n) is 3.02. The molecule has 0 radical (unpaired) electrons. The molecule has 0 unspecified atom stereocenters. The highest BCUT2D eigenvalue weighted by atomic mass is 16.7. The smallest absolute Gasteiger partial charge is 0.191 e. The molecule has 0 aromatic heterocycles. The zero-order chi connectivity index (χ0) is 10.1. The van der Waals surface area contributed by atoms with Gasteiger partial charge in [0, 0.05) is 7.11 Å². The van der Waals surface area contributed by atoms with E-state index in [1.165, 1.54) is 7.11 Å². The van der Waals surface area contributed by atoms with Gasteiger partial charge in [-0.3, -0.25) is 0 Å². The van der Waals surface area contributed by atoms with Gasteiger partial charge < -0.3 is 29.9 Å². The van der Waals surface area contributed by atoms with E-state index in [-0.39, 0.29) is 0 Å². The van der Waals surface area contributed by atoms with Crippen LogP contribution in [0, 0.1) is 0 Å². The SMILES string of the molecule is CO[C@@H]1O[C@H](CO)[C@@H](O)[C@]1(O)CO. The van der Waals surface area contributed by atoms with Gasteiger partial charge in [0.2, 0.25) is 0 Å². The van der Waals surface area contributed by atoms with Gasteiger partial charge >= 0.3 is 0 Å². The highest BCUT2D eigenvalue weighted by molar-refractivity contribution is 4.99. The van der Waals surface area contributed by atoms with Crippen LogP contribution in [0.2, 0.25) is 0 Å². The largest absolute Gasteiger partial charge is 0.394 e. The first-order valence-corrected chi connectivity index (χ1v) is 3.90. The Morgan fingerprint density at radius 2 is 2.08 bits per heavy atom. The number of methoxy groups -OCH3 is 1. The maximum absolute atomic E-state index is 9.67. The van der Waals surface area contributed by atoms with Crippen LogP contribution in [0.15, 0.2) is 0 Å². The highest BCUT2D eigenvalue weighted by Crippen LogP contribution is 2.31. The average Bonchev–Trinajstić information content (AvgIpc) is 2.41. The third-order valence-electron chi connectivity index (χ3n) is 2.22. The Bertz CT molecular complexity index is 170. The van der Waals surface area contributed by atoms with Crippen LogP contribution >= 0.6 is 0 Å². The zero-order valence-corrected chi connectivity index (χ0v) is 7.25. The molecule has 0 aromatic rings. The summed E-state index contributed by atoms with van der Waals surface area (Å²) in [5.74, 6) is 0. The van der Waals surface area contributed by atoms with E-state index in [0.717, 1.165) is 0 Å². The molecule has 1 saturated heterocycles. The summed E-state index contributed by atoms with van der Waals surface area (Å²) in [5, 5.41) is 36.7. The van der Waals surface area contributed by atoms with Gasteiger partial charge in [0.1, 0.15) is 12.2 Å².